The maximum absolute atomic E-state index is 13.0. The zero-order chi connectivity index (χ0) is 21.4. The van der Waals surface area contributed by atoms with Gasteiger partial charge in [0.2, 0.25) is 5.88 Å². The summed E-state index contributed by atoms with van der Waals surface area (Å²) in [5, 5.41) is 3.59. The first-order valence-electron chi connectivity index (χ1n) is 10.6. The summed E-state index contributed by atoms with van der Waals surface area (Å²) in [4.78, 5) is 24.2. The highest BCUT2D eigenvalue weighted by atomic mass is 32.1. The molecule has 0 radical (unpaired) electrons. The first-order valence-corrected chi connectivity index (χ1v) is 11.4. The van der Waals surface area contributed by atoms with E-state index in [1.54, 1.807) is 7.11 Å². The van der Waals surface area contributed by atoms with Gasteiger partial charge in [-0.25, -0.2) is 14.8 Å². The van der Waals surface area contributed by atoms with Crippen LogP contribution < -0.4 is 10.1 Å². The summed E-state index contributed by atoms with van der Waals surface area (Å²) in [6, 6.07) is 10.0. The minimum absolute atomic E-state index is 0.0904. The first-order chi connectivity index (χ1) is 15.1. The van der Waals surface area contributed by atoms with Gasteiger partial charge in [-0.2, -0.15) is 0 Å². The van der Waals surface area contributed by atoms with E-state index in [9.17, 15) is 4.79 Å². The number of aryl methyl sites for hydroxylation is 1. The van der Waals surface area contributed by atoms with Crippen LogP contribution in [0.1, 0.15) is 25.0 Å². The Labute approximate surface area is 185 Å². The predicted octanol–water partition coefficient (Wildman–Crippen LogP) is 4.71. The Balaban J connectivity index is 1.44. The number of hydrogen-bond acceptors (Lipinski definition) is 6. The van der Waals surface area contributed by atoms with Crippen molar-refractivity contribution in [1.29, 1.82) is 0 Å². The fourth-order valence-corrected chi connectivity index (χ4v) is 5.76. The van der Waals surface area contributed by atoms with Crippen LogP contribution in [0.4, 0.5) is 9.93 Å². The highest BCUT2D eigenvalue weighted by Gasteiger charge is 2.41. The topological polar surface area (TPSA) is 76.6 Å². The highest BCUT2D eigenvalue weighted by molar-refractivity contribution is 7.23. The third-order valence-electron chi connectivity index (χ3n) is 6.44. The number of aromatic nitrogens is 2. The number of carbonyl (C=O) groups excluding carboxylic acids is 1. The molecular formula is C23H26N4O3S. The van der Waals surface area contributed by atoms with Gasteiger partial charge in [0.15, 0.2) is 5.13 Å². The first kappa shape index (κ1) is 20.2. The number of carbonyl (C=O) groups is 1. The minimum atomic E-state index is -0.0904. The molecule has 8 heteroatoms. The van der Waals surface area contributed by atoms with Crippen LogP contribution in [0.25, 0.3) is 21.3 Å². The molecule has 1 aromatic carbocycles. The smallest absolute Gasteiger partial charge is 0.323 e. The third kappa shape index (κ3) is 3.74. The Morgan fingerprint density at radius 3 is 2.71 bits per heavy atom. The molecule has 2 aliphatic heterocycles. The normalized spacial score (nSPS) is 17.9. The molecule has 0 bridgehead atoms. The monoisotopic (exact) mass is 438 g/mol. The number of thiazole rings is 1. The second-order valence-electron chi connectivity index (χ2n) is 8.36. The van der Waals surface area contributed by atoms with Crippen LogP contribution in [0.3, 0.4) is 0 Å². The molecule has 2 saturated heterocycles. The number of nitrogens with one attached hydrogen (secondary N) is 1. The molecule has 2 amide bonds. The van der Waals surface area contributed by atoms with E-state index < -0.39 is 0 Å². The van der Waals surface area contributed by atoms with E-state index in [0.29, 0.717) is 16.5 Å². The largest absolute Gasteiger partial charge is 0.479 e. The molecule has 1 spiro atoms. The Bertz CT molecular complexity index is 1110. The summed E-state index contributed by atoms with van der Waals surface area (Å²) >= 11 is 1.47. The summed E-state index contributed by atoms with van der Waals surface area (Å²) in [5.74, 6) is 0.478. The molecule has 5 rings (SSSR count). The predicted molar refractivity (Wildman–Crippen MR) is 122 cm³/mol. The molecule has 31 heavy (non-hydrogen) atoms. The van der Waals surface area contributed by atoms with Crippen LogP contribution in [0, 0.1) is 12.3 Å². The maximum atomic E-state index is 13.0. The van der Waals surface area contributed by atoms with Crippen LogP contribution in [0.2, 0.25) is 0 Å². The van der Waals surface area contributed by atoms with Crippen LogP contribution in [-0.4, -0.2) is 54.3 Å². The quantitative estimate of drug-likeness (QED) is 0.641. The zero-order valence-corrected chi connectivity index (χ0v) is 18.6. The van der Waals surface area contributed by atoms with Gasteiger partial charge in [-0.3, -0.25) is 5.32 Å². The molecule has 0 unspecified atom stereocenters. The van der Waals surface area contributed by atoms with Gasteiger partial charge in [-0.05, 0) is 37.2 Å². The maximum Gasteiger partial charge on any atom is 0.323 e. The number of pyridine rings is 1. The van der Waals surface area contributed by atoms with Gasteiger partial charge in [-0.15, -0.1) is 0 Å². The number of ether oxygens (including phenoxy) is 2. The number of fused-ring (bicyclic) bond motifs is 1. The lowest BCUT2D eigenvalue weighted by atomic mass is 9.80. The highest BCUT2D eigenvalue weighted by Crippen LogP contribution is 2.42. The fourth-order valence-electron chi connectivity index (χ4n) is 4.69. The molecule has 162 valence electrons. The lowest BCUT2D eigenvalue weighted by Crippen LogP contribution is -2.37. The Kier molecular flexibility index (Phi) is 5.27. The molecule has 2 aliphatic rings. The average Bonchev–Trinajstić information content (AvgIpc) is 3.39. The van der Waals surface area contributed by atoms with Gasteiger partial charge in [0.05, 0.1) is 17.5 Å². The number of methoxy groups -OCH3 is 1. The van der Waals surface area contributed by atoms with Crippen LogP contribution in [0.5, 0.6) is 5.88 Å². The van der Waals surface area contributed by atoms with E-state index in [0.717, 1.165) is 67.1 Å². The molecule has 0 saturated carbocycles. The van der Waals surface area contributed by atoms with E-state index in [4.69, 9.17) is 9.47 Å². The molecular weight excluding hydrogens is 412 g/mol. The van der Waals surface area contributed by atoms with Gasteiger partial charge in [-0.1, -0.05) is 41.7 Å². The third-order valence-corrected chi connectivity index (χ3v) is 7.42. The van der Waals surface area contributed by atoms with Crippen molar-refractivity contribution in [2.24, 2.45) is 5.41 Å². The van der Waals surface area contributed by atoms with Crippen molar-refractivity contribution in [3.05, 3.63) is 36.0 Å². The molecule has 0 atom stereocenters. The van der Waals surface area contributed by atoms with Gasteiger partial charge in [0, 0.05) is 31.9 Å². The molecule has 4 heterocycles. The van der Waals surface area contributed by atoms with E-state index in [2.05, 4.69) is 27.4 Å². The number of amides is 2. The van der Waals surface area contributed by atoms with Crippen molar-refractivity contribution in [3.8, 4) is 17.0 Å². The second kappa shape index (κ2) is 8.09. The fraction of sp³-hybridized carbons (Fsp3) is 0.435. The molecule has 0 aliphatic carbocycles. The van der Waals surface area contributed by atoms with E-state index in [1.807, 2.05) is 30.0 Å². The molecule has 2 fully saturated rings. The van der Waals surface area contributed by atoms with Gasteiger partial charge < -0.3 is 14.4 Å². The summed E-state index contributed by atoms with van der Waals surface area (Å²) in [6.07, 6.45) is 3.10. The number of nitrogens with zero attached hydrogens (tertiary/aromatic N) is 3. The number of rotatable bonds is 3. The van der Waals surface area contributed by atoms with Crippen molar-refractivity contribution in [2.75, 3.05) is 38.7 Å². The average molecular weight is 439 g/mol. The van der Waals surface area contributed by atoms with Crippen LogP contribution in [-0.2, 0) is 4.74 Å². The summed E-state index contributed by atoms with van der Waals surface area (Å²) in [7, 11) is 1.60. The van der Waals surface area contributed by atoms with Gasteiger partial charge in [0.25, 0.3) is 0 Å². The van der Waals surface area contributed by atoms with Gasteiger partial charge in [0.1, 0.15) is 5.52 Å². The van der Waals surface area contributed by atoms with Crippen LogP contribution >= 0.6 is 11.3 Å². The number of hydrogen-bond donors (Lipinski definition) is 1. The van der Waals surface area contributed by atoms with Gasteiger partial charge >= 0.3 is 6.03 Å². The summed E-state index contributed by atoms with van der Waals surface area (Å²) in [6.45, 7) is 5.12. The molecule has 2 aromatic heterocycles. The standard InChI is InChI=1S/C23H26N4O3S/c1-15-17(16-6-4-3-5-7-16)19-18(20(24-15)29-2)25-21(31-19)26-22(28)27-11-8-23(14-27)9-12-30-13-10-23/h3-7H,8-14H2,1-2H3,(H,25,26,28). The van der Waals surface area contributed by atoms with Crippen molar-refractivity contribution >= 4 is 32.7 Å². The van der Waals surface area contributed by atoms with E-state index in [1.165, 1.54) is 11.3 Å². The van der Waals surface area contributed by atoms with Crippen LogP contribution in [0.15, 0.2) is 30.3 Å². The van der Waals surface area contributed by atoms with Crippen molar-refractivity contribution in [3.63, 3.8) is 0 Å². The summed E-state index contributed by atoms with van der Waals surface area (Å²) < 4.78 is 12.0. The summed E-state index contributed by atoms with van der Waals surface area (Å²) in [5.41, 5.74) is 3.86. The number of benzene rings is 1. The van der Waals surface area contributed by atoms with E-state index in [-0.39, 0.29) is 11.4 Å². The number of likely N-dealkylation sites (tertiary alicyclic amines) is 1. The molecule has 1 N–H and O–H groups in total. The van der Waals surface area contributed by atoms with Crippen molar-refractivity contribution < 1.29 is 14.3 Å². The lowest BCUT2D eigenvalue weighted by molar-refractivity contribution is 0.0211. The Morgan fingerprint density at radius 1 is 1.19 bits per heavy atom. The van der Waals surface area contributed by atoms with Crippen molar-refractivity contribution in [2.45, 2.75) is 26.2 Å². The SMILES string of the molecule is COc1nc(C)c(-c2ccccc2)c2sc(NC(=O)N3CCC4(CCOCC4)C3)nc12. The number of anilines is 1. The zero-order valence-electron chi connectivity index (χ0n) is 17.8. The Morgan fingerprint density at radius 2 is 1.97 bits per heavy atom. The minimum Gasteiger partial charge on any atom is -0.479 e. The molecule has 7 nitrogen and oxygen atoms in total. The Hall–Kier alpha value is -2.71. The number of urea groups is 1. The second-order valence-corrected chi connectivity index (χ2v) is 9.36. The lowest BCUT2D eigenvalue weighted by Gasteiger charge is -2.33. The molecule has 3 aromatic rings. The van der Waals surface area contributed by atoms with E-state index >= 15 is 0 Å². The van der Waals surface area contributed by atoms with Crippen molar-refractivity contribution in [1.82, 2.24) is 14.9 Å².